The molecule has 1 fully saturated rings. The van der Waals surface area contributed by atoms with Crippen molar-refractivity contribution in [1.29, 1.82) is 5.26 Å². The largest absolute Gasteiger partial charge is 0.351 e. The molecule has 3 aromatic rings. The first-order chi connectivity index (χ1) is 12.2. The van der Waals surface area contributed by atoms with Crippen LogP contribution in [0.1, 0.15) is 24.8 Å². The van der Waals surface area contributed by atoms with E-state index in [0.717, 1.165) is 34.4 Å². The van der Waals surface area contributed by atoms with E-state index in [-0.39, 0.29) is 5.91 Å². The number of nitrogens with zero attached hydrogens (tertiary/aromatic N) is 2. The van der Waals surface area contributed by atoms with Gasteiger partial charge in [0.15, 0.2) is 0 Å². The van der Waals surface area contributed by atoms with Crippen molar-refractivity contribution in [2.24, 2.45) is 5.41 Å². The minimum atomic E-state index is -0.797. The number of rotatable bonds is 4. The molecule has 25 heavy (non-hydrogen) atoms. The van der Waals surface area contributed by atoms with Crippen molar-refractivity contribution < 1.29 is 4.79 Å². The molecule has 1 aliphatic rings. The van der Waals surface area contributed by atoms with Gasteiger partial charge in [0.1, 0.15) is 11.2 Å². The standard InChI is InChI=1S/C20H18N4O/c21-13-20(10-3-11-20)19(25)22-12-14-6-8-15(9-7-14)18-23-16-4-1-2-5-17(16)24-18/h1-2,4-9H,3,10-12H2,(H,22,25)(H,23,24). The Morgan fingerprint density at radius 2 is 1.96 bits per heavy atom. The Morgan fingerprint density at radius 1 is 1.20 bits per heavy atom. The second-order valence-electron chi connectivity index (χ2n) is 6.53. The molecule has 0 aliphatic heterocycles. The first kappa shape index (κ1) is 15.4. The molecule has 1 heterocycles. The van der Waals surface area contributed by atoms with Crippen molar-refractivity contribution in [2.75, 3.05) is 0 Å². The molecular weight excluding hydrogens is 312 g/mol. The van der Waals surface area contributed by atoms with Crippen LogP contribution in [0.5, 0.6) is 0 Å². The summed E-state index contributed by atoms with van der Waals surface area (Å²) in [6.45, 7) is 0.433. The first-order valence-corrected chi connectivity index (χ1v) is 8.44. The van der Waals surface area contributed by atoms with Gasteiger partial charge in [-0.15, -0.1) is 0 Å². The Labute approximate surface area is 145 Å². The van der Waals surface area contributed by atoms with E-state index in [0.29, 0.717) is 19.4 Å². The molecule has 0 saturated heterocycles. The average Bonchev–Trinajstić information content (AvgIpc) is 3.04. The summed E-state index contributed by atoms with van der Waals surface area (Å²) in [5.41, 5.74) is 3.15. The number of nitrogens with one attached hydrogen (secondary N) is 2. The van der Waals surface area contributed by atoms with Gasteiger partial charge in [-0.1, -0.05) is 36.4 Å². The SMILES string of the molecule is N#CC1(C(=O)NCc2ccc(-c3nc4ccccc4[nH]3)cc2)CCC1. The van der Waals surface area contributed by atoms with Gasteiger partial charge in [0.2, 0.25) is 5.91 Å². The number of carbonyl (C=O) groups excluding carboxylic acids is 1. The number of amides is 1. The minimum Gasteiger partial charge on any atom is -0.351 e. The molecule has 0 bridgehead atoms. The van der Waals surface area contributed by atoms with Gasteiger partial charge in [-0.2, -0.15) is 5.26 Å². The Bertz CT molecular complexity index is 928. The Kier molecular flexibility index (Phi) is 3.73. The zero-order valence-electron chi connectivity index (χ0n) is 13.7. The second-order valence-corrected chi connectivity index (χ2v) is 6.53. The number of hydrogen-bond donors (Lipinski definition) is 2. The molecule has 1 amide bonds. The molecule has 0 spiro atoms. The van der Waals surface area contributed by atoms with E-state index in [2.05, 4.69) is 21.4 Å². The van der Waals surface area contributed by atoms with Gasteiger partial charge in [-0.05, 0) is 37.0 Å². The zero-order chi connectivity index (χ0) is 17.3. The number of hydrogen-bond acceptors (Lipinski definition) is 3. The molecule has 2 aromatic carbocycles. The summed E-state index contributed by atoms with van der Waals surface area (Å²) in [5, 5.41) is 12.1. The number of imidazole rings is 1. The maximum atomic E-state index is 12.2. The topological polar surface area (TPSA) is 81.6 Å². The number of para-hydroxylation sites is 2. The van der Waals surface area contributed by atoms with Crippen LogP contribution >= 0.6 is 0 Å². The number of aromatic amines is 1. The summed E-state index contributed by atoms with van der Waals surface area (Å²) in [4.78, 5) is 20.1. The lowest BCUT2D eigenvalue weighted by molar-refractivity contribution is -0.131. The number of nitriles is 1. The number of fused-ring (bicyclic) bond motifs is 1. The molecule has 0 radical (unpaired) electrons. The van der Waals surface area contributed by atoms with E-state index in [4.69, 9.17) is 0 Å². The van der Waals surface area contributed by atoms with Gasteiger partial charge in [0, 0.05) is 12.1 Å². The second kappa shape index (κ2) is 6.06. The van der Waals surface area contributed by atoms with Crippen molar-refractivity contribution >= 4 is 16.9 Å². The summed E-state index contributed by atoms with van der Waals surface area (Å²) in [6.07, 6.45) is 2.29. The highest BCUT2D eigenvalue weighted by molar-refractivity contribution is 5.86. The molecule has 1 aromatic heterocycles. The zero-order valence-corrected chi connectivity index (χ0v) is 13.7. The summed E-state index contributed by atoms with van der Waals surface area (Å²) in [6, 6.07) is 18.0. The molecule has 124 valence electrons. The molecule has 4 rings (SSSR count). The van der Waals surface area contributed by atoms with Gasteiger partial charge >= 0.3 is 0 Å². The van der Waals surface area contributed by atoms with Crippen molar-refractivity contribution in [3.8, 4) is 17.5 Å². The van der Waals surface area contributed by atoms with Crippen LogP contribution in [0.3, 0.4) is 0 Å². The third-order valence-corrected chi connectivity index (χ3v) is 4.93. The summed E-state index contributed by atoms with van der Waals surface area (Å²) in [5.74, 6) is 0.678. The molecule has 1 saturated carbocycles. The van der Waals surface area contributed by atoms with Crippen molar-refractivity contribution in [1.82, 2.24) is 15.3 Å². The van der Waals surface area contributed by atoms with E-state index in [1.807, 2.05) is 48.5 Å². The van der Waals surface area contributed by atoms with Crippen LogP contribution in [-0.4, -0.2) is 15.9 Å². The predicted octanol–water partition coefficient (Wildman–Crippen LogP) is 3.54. The lowest BCUT2D eigenvalue weighted by atomic mass is 9.69. The fraction of sp³-hybridized carbons (Fsp3) is 0.250. The van der Waals surface area contributed by atoms with Gasteiger partial charge in [-0.25, -0.2) is 4.98 Å². The smallest absolute Gasteiger partial charge is 0.240 e. The van der Waals surface area contributed by atoms with Gasteiger partial charge in [-0.3, -0.25) is 4.79 Å². The summed E-state index contributed by atoms with van der Waals surface area (Å²) in [7, 11) is 0. The molecule has 1 aliphatic carbocycles. The van der Waals surface area contributed by atoms with Crippen LogP contribution in [0.2, 0.25) is 0 Å². The first-order valence-electron chi connectivity index (χ1n) is 8.44. The molecule has 5 nitrogen and oxygen atoms in total. The number of aromatic nitrogens is 2. The number of benzene rings is 2. The van der Waals surface area contributed by atoms with Gasteiger partial charge in [0.25, 0.3) is 0 Å². The quantitative estimate of drug-likeness (QED) is 0.767. The molecule has 5 heteroatoms. The fourth-order valence-electron chi connectivity index (χ4n) is 3.14. The maximum absolute atomic E-state index is 12.2. The van der Waals surface area contributed by atoms with E-state index < -0.39 is 5.41 Å². The molecule has 2 N–H and O–H groups in total. The van der Waals surface area contributed by atoms with Crippen LogP contribution in [-0.2, 0) is 11.3 Å². The third kappa shape index (κ3) is 2.76. The van der Waals surface area contributed by atoms with E-state index in [9.17, 15) is 10.1 Å². The van der Waals surface area contributed by atoms with Gasteiger partial charge in [0.05, 0.1) is 17.1 Å². The van der Waals surface area contributed by atoms with Crippen LogP contribution in [0.15, 0.2) is 48.5 Å². The highest BCUT2D eigenvalue weighted by Gasteiger charge is 2.44. The van der Waals surface area contributed by atoms with Crippen molar-refractivity contribution in [3.05, 3.63) is 54.1 Å². The highest BCUT2D eigenvalue weighted by Crippen LogP contribution is 2.40. The lowest BCUT2D eigenvalue weighted by Crippen LogP contribution is -2.44. The van der Waals surface area contributed by atoms with E-state index in [1.165, 1.54) is 0 Å². The third-order valence-electron chi connectivity index (χ3n) is 4.93. The van der Waals surface area contributed by atoms with Crippen molar-refractivity contribution in [3.63, 3.8) is 0 Å². The highest BCUT2D eigenvalue weighted by atomic mass is 16.2. The number of carbonyl (C=O) groups is 1. The minimum absolute atomic E-state index is 0.150. The predicted molar refractivity (Wildman–Crippen MR) is 95.3 cm³/mol. The summed E-state index contributed by atoms with van der Waals surface area (Å²) < 4.78 is 0. The molecule has 0 unspecified atom stereocenters. The monoisotopic (exact) mass is 330 g/mol. The Balaban J connectivity index is 1.45. The van der Waals surface area contributed by atoms with Gasteiger partial charge < -0.3 is 10.3 Å². The Hall–Kier alpha value is -3.13. The van der Waals surface area contributed by atoms with E-state index in [1.54, 1.807) is 0 Å². The van der Waals surface area contributed by atoms with Crippen LogP contribution in [0.4, 0.5) is 0 Å². The normalized spacial score (nSPS) is 15.3. The fourth-order valence-corrected chi connectivity index (χ4v) is 3.14. The Morgan fingerprint density at radius 3 is 2.60 bits per heavy atom. The number of H-pyrrole nitrogens is 1. The van der Waals surface area contributed by atoms with Crippen molar-refractivity contribution in [2.45, 2.75) is 25.8 Å². The lowest BCUT2D eigenvalue weighted by Gasteiger charge is -2.33. The molecule has 0 atom stereocenters. The molecular formula is C20H18N4O. The van der Waals surface area contributed by atoms with Crippen LogP contribution in [0.25, 0.3) is 22.4 Å². The van der Waals surface area contributed by atoms with Crippen LogP contribution in [0, 0.1) is 16.7 Å². The summed E-state index contributed by atoms with van der Waals surface area (Å²) >= 11 is 0. The maximum Gasteiger partial charge on any atom is 0.240 e. The van der Waals surface area contributed by atoms with Crippen LogP contribution < -0.4 is 5.32 Å². The average molecular weight is 330 g/mol. The van der Waals surface area contributed by atoms with E-state index >= 15 is 0 Å².